The molecule has 0 spiro atoms. The van der Waals surface area contributed by atoms with Crippen LogP contribution < -0.4 is 0 Å². The molecule has 11 heavy (non-hydrogen) atoms. The standard InChI is InChI=1S/C8H11NOS/c10-7(6-1-2-6)5-8-9-3-4-11-8/h3-4,6-7,10H,1-2,5H2. The number of aromatic nitrogens is 1. The number of thiazole rings is 1. The molecule has 2 rings (SSSR count). The van der Waals surface area contributed by atoms with Crippen LogP contribution in [0.1, 0.15) is 17.8 Å². The third-order valence-electron chi connectivity index (χ3n) is 2.03. The summed E-state index contributed by atoms with van der Waals surface area (Å²) >= 11 is 1.63. The predicted molar refractivity (Wildman–Crippen MR) is 44.5 cm³/mol. The summed E-state index contributed by atoms with van der Waals surface area (Å²) in [4.78, 5) is 4.12. The number of aliphatic hydroxyl groups is 1. The number of rotatable bonds is 3. The van der Waals surface area contributed by atoms with E-state index in [4.69, 9.17) is 0 Å². The maximum absolute atomic E-state index is 9.53. The molecule has 0 aromatic carbocycles. The van der Waals surface area contributed by atoms with Crippen LogP contribution in [0, 0.1) is 5.92 Å². The molecule has 2 nitrogen and oxygen atoms in total. The zero-order valence-electron chi connectivity index (χ0n) is 6.23. The van der Waals surface area contributed by atoms with E-state index in [1.54, 1.807) is 17.5 Å². The van der Waals surface area contributed by atoms with Gasteiger partial charge >= 0.3 is 0 Å². The minimum Gasteiger partial charge on any atom is -0.392 e. The van der Waals surface area contributed by atoms with Crippen molar-refractivity contribution in [3.8, 4) is 0 Å². The van der Waals surface area contributed by atoms with E-state index in [1.165, 1.54) is 12.8 Å². The molecule has 0 radical (unpaired) electrons. The Balaban J connectivity index is 1.89. The lowest BCUT2D eigenvalue weighted by atomic mass is 10.2. The van der Waals surface area contributed by atoms with Crippen LogP contribution in [0.2, 0.25) is 0 Å². The van der Waals surface area contributed by atoms with Gasteiger partial charge in [-0.25, -0.2) is 4.98 Å². The fourth-order valence-corrected chi connectivity index (χ4v) is 1.85. The van der Waals surface area contributed by atoms with Gasteiger partial charge in [-0.1, -0.05) is 0 Å². The molecule has 1 heterocycles. The molecule has 0 bridgehead atoms. The molecule has 0 aliphatic heterocycles. The van der Waals surface area contributed by atoms with E-state index < -0.39 is 0 Å². The second-order valence-corrected chi connectivity index (χ2v) is 4.01. The van der Waals surface area contributed by atoms with E-state index in [9.17, 15) is 5.11 Å². The van der Waals surface area contributed by atoms with Crippen molar-refractivity contribution in [3.05, 3.63) is 16.6 Å². The summed E-state index contributed by atoms with van der Waals surface area (Å²) in [6, 6.07) is 0. The Labute approximate surface area is 69.9 Å². The summed E-state index contributed by atoms with van der Waals surface area (Å²) < 4.78 is 0. The van der Waals surface area contributed by atoms with Crippen LogP contribution in [-0.2, 0) is 6.42 Å². The normalized spacial score (nSPS) is 20.1. The van der Waals surface area contributed by atoms with Crippen molar-refractivity contribution < 1.29 is 5.11 Å². The Bertz CT molecular complexity index is 218. The summed E-state index contributed by atoms with van der Waals surface area (Å²) in [5, 5.41) is 12.5. The van der Waals surface area contributed by atoms with Gasteiger partial charge in [-0.05, 0) is 18.8 Å². The average molecular weight is 169 g/mol. The molecule has 1 unspecified atom stereocenters. The lowest BCUT2D eigenvalue weighted by Gasteiger charge is -2.04. The van der Waals surface area contributed by atoms with Gasteiger partial charge in [-0.3, -0.25) is 0 Å². The lowest BCUT2D eigenvalue weighted by molar-refractivity contribution is 0.151. The highest BCUT2D eigenvalue weighted by Gasteiger charge is 2.29. The third-order valence-corrected chi connectivity index (χ3v) is 2.84. The summed E-state index contributed by atoms with van der Waals surface area (Å²) in [6.45, 7) is 0. The highest BCUT2D eigenvalue weighted by Crippen LogP contribution is 2.34. The molecule has 1 fully saturated rings. The van der Waals surface area contributed by atoms with Gasteiger partial charge in [0.05, 0.1) is 11.1 Å². The van der Waals surface area contributed by atoms with E-state index in [2.05, 4.69) is 4.98 Å². The first-order valence-corrected chi connectivity index (χ1v) is 4.80. The second kappa shape index (κ2) is 2.91. The molecule has 1 N–H and O–H groups in total. The summed E-state index contributed by atoms with van der Waals surface area (Å²) in [7, 11) is 0. The van der Waals surface area contributed by atoms with Gasteiger partial charge in [-0.2, -0.15) is 0 Å². The Kier molecular flexibility index (Phi) is 1.92. The Morgan fingerprint density at radius 1 is 1.73 bits per heavy atom. The number of hydrogen-bond acceptors (Lipinski definition) is 3. The molecule has 1 saturated carbocycles. The van der Waals surface area contributed by atoms with Crippen molar-refractivity contribution in [1.29, 1.82) is 0 Å². The first-order valence-electron chi connectivity index (χ1n) is 3.92. The maximum Gasteiger partial charge on any atom is 0.0950 e. The van der Waals surface area contributed by atoms with Gasteiger partial charge in [0, 0.05) is 18.0 Å². The Morgan fingerprint density at radius 2 is 2.55 bits per heavy atom. The van der Waals surface area contributed by atoms with Gasteiger partial charge in [0.2, 0.25) is 0 Å². The van der Waals surface area contributed by atoms with Gasteiger partial charge in [-0.15, -0.1) is 11.3 Å². The van der Waals surface area contributed by atoms with Crippen LogP contribution >= 0.6 is 11.3 Å². The number of hydrogen-bond donors (Lipinski definition) is 1. The fourth-order valence-electron chi connectivity index (χ4n) is 1.18. The first kappa shape index (κ1) is 7.25. The number of nitrogens with zero attached hydrogens (tertiary/aromatic N) is 1. The summed E-state index contributed by atoms with van der Waals surface area (Å²) in [5.41, 5.74) is 0. The lowest BCUT2D eigenvalue weighted by Crippen LogP contribution is -2.12. The van der Waals surface area contributed by atoms with Crippen molar-refractivity contribution in [3.63, 3.8) is 0 Å². The van der Waals surface area contributed by atoms with Gasteiger partial charge in [0.15, 0.2) is 0 Å². The molecule has 0 amide bonds. The monoisotopic (exact) mass is 169 g/mol. The third kappa shape index (κ3) is 1.79. The molecule has 0 saturated heterocycles. The van der Waals surface area contributed by atoms with Crippen molar-refractivity contribution in [2.45, 2.75) is 25.4 Å². The van der Waals surface area contributed by atoms with Gasteiger partial charge < -0.3 is 5.11 Å². The summed E-state index contributed by atoms with van der Waals surface area (Å²) in [6.07, 6.45) is 4.81. The first-order chi connectivity index (χ1) is 5.36. The molecule has 60 valence electrons. The molecule has 1 aromatic heterocycles. The molecule has 1 atom stereocenters. The minimum atomic E-state index is -0.138. The predicted octanol–water partition coefficient (Wildman–Crippen LogP) is 1.46. The molecule has 1 aromatic rings. The molecule has 1 aliphatic carbocycles. The molecular formula is C8H11NOS. The zero-order chi connectivity index (χ0) is 7.68. The highest BCUT2D eigenvalue weighted by atomic mass is 32.1. The van der Waals surface area contributed by atoms with Gasteiger partial charge in [0.25, 0.3) is 0 Å². The fraction of sp³-hybridized carbons (Fsp3) is 0.625. The van der Waals surface area contributed by atoms with E-state index >= 15 is 0 Å². The zero-order valence-corrected chi connectivity index (χ0v) is 7.05. The van der Waals surface area contributed by atoms with E-state index in [-0.39, 0.29) is 6.10 Å². The van der Waals surface area contributed by atoms with Crippen molar-refractivity contribution in [2.75, 3.05) is 0 Å². The van der Waals surface area contributed by atoms with Crippen molar-refractivity contribution in [1.82, 2.24) is 4.98 Å². The van der Waals surface area contributed by atoms with Crippen LogP contribution in [0.3, 0.4) is 0 Å². The molecule has 3 heteroatoms. The largest absolute Gasteiger partial charge is 0.392 e. The van der Waals surface area contributed by atoms with Crippen LogP contribution in [-0.4, -0.2) is 16.2 Å². The molecular weight excluding hydrogens is 158 g/mol. The van der Waals surface area contributed by atoms with E-state index in [0.29, 0.717) is 5.92 Å². The topological polar surface area (TPSA) is 33.1 Å². The number of aliphatic hydroxyl groups excluding tert-OH is 1. The maximum atomic E-state index is 9.53. The van der Waals surface area contributed by atoms with E-state index in [1.807, 2.05) is 5.38 Å². The van der Waals surface area contributed by atoms with Crippen molar-refractivity contribution >= 4 is 11.3 Å². The van der Waals surface area contributed by atoms with Crippen molar-refractivity contribution in [2.24, 2.45) is 5.92 Å². The Hall–Kier alpha value is -0.410. The quantitative estimate of drug-likeness (QED) is 0.743. The van der Waals surface area contributed by atoms with Crippen LogP contribution in [0.15, 0.2) is 11.6 Å². The highest BCUT2D eigenvalue weighted by molar-refractivity contribution is 7.09. The average Bonchev–Trinajstić information content (AvgIpc) is 2.73. The molecule has 1 aliphatic rings. The minimum absolute atomic E-state index is 0.138. The van der Waals surface area contributed by atoms with Gasteiger partial charge in [0.1, 0.15) is 0 Å². The van der Waals surface area contributed by atoms with Crippen LogP contribution in [0.4, 0.5) is 0 Å². The van der Waals surface area contributed by atoms with Crippen LogP contribution in [0.5, 0.6) is 0 Å². The second-order valence-electron chi connectivity index (χ2n) is 3.03. The van der Waals surface area contributed by atoms with Crippen LogP contribution in [0.25, 0.3) is 0 Å². The smallest absolute Gasteiger partial charge is 0.0950 e. The SMILES string of the molecule is OC(Cc1nccs1)C1CC1. The van der Waals surface area contributed by atoms with E-state index in [0.717, 1.165) is 11.4 Å². The summed E-state index contributed by atoms with van der Waals surface area (Å²) in [5.74, 6) is 0.568. The Morgan fingerprint density at radius 3 is 3.09 bits per heavy atom.